The van der Waals surface area contributed by atoms with Gasteiger partial charge < -0.3 is 10.1 Å². The van der Waals surface area contributed by atoms with Crippen LogP contribution in [0, 0.1) is 6.92 Å². The molecule has 1 N–H and O–H groups in total. The second-order valence-electron chi connectivity index (χ2n) is 8.11. The van der Waals surface area contributed by atoms with Crippen molar-refractivity contribution in [2.24, 2.45) is 0 Å². The molecule has 6 nitrogen and oxygen atoms in total. The summed E-state index contributed by atoms with van der Waals surface area (Å²) in [4.78, 5) is 13.0. The lowest BCUT2D eigenvalue weighted by Crippen LogP contribution is -2.41. The van der Waals surface area contributed by atoms with Crippen molar-refractivity contribution in [2.75, 3.05) is 24.5 Å². The number of hydrogen-bond donors (Lipinski definition) is 1. The molecule has 0 unspecified atom stereocenters. The molecule has 0 fully saturated rings. The molecule has 0 spiro atoms. The van der Waals surface area contributed by atoms with Gasteiger partial charge in [-0.3, -0.25) is 9.10 Å². The monoisotopic (exact) mass is 480 g/mol. The molecule has 0 aliphatic heterocycles. The number of sulfonamides is 1. The molecule has 3 aromatic carbocycles. The molecule has 1 amide bonds. The number of hydrogen-bond acceptors (Lipinski definition) is 4. The van der Waals surface area contributed by atoms with Crippen LogP contribution in [0.5, 0.6) is 5.75 Å². The van der Waals surface area contributed by atoms with Crippen LogP contribution in [-0.4, -0.2) is 34.5 Å². The summed E-state index contributed by atoms with van der Waals surface area (Å²) in [7, 11) is -2.29. The van der Waals surface area contributed by atoms with E-state index in [1.807, 2.05) is 50.2 Å². The summed E-state index contributed by atoms with van der Waals surface area (Å²) in [6.07, 6.45) is 2.16. The number of methoxy groups -OCH3 is 1. The minimum atomic E-state index is -3.92. The summed E-state index contributed by atoms with van der Waals surface area (Å²) >= 11 is 0. The number of nitrogens with one attached hydrogen (secondary N) is 1. The van der Waals surface area contributed by atoms with Gasteiger partial charge in [0.2, 0.25) is 5.91 Å². The van der Waals surface area contributed by atoms with Crippen molar-refractivity contribution in [3.05, 3.63) is 89.5 Å². The van der Waals surface area contributed by atoms with E-state index in [-0.39, 0.29) is 17.3 Å². The average molecular weight is 481 g/mol. The van der Waals surface area contributed by atoms with Crippen LogP contribution in [0.1, 0.15) is 30.0 Å². The van der Waals surface area contributed by atoms with Crippen molar-refractivity contribution in [1.82, 2.24) is 5.32 Å². The van der Waals surface area contributed by atoms with Crippen LogP contribution in [0.25, 0.3) is 0 Å². The summed E-state index contributed by atoms with van der Waals surface area (Å²) in [5.74, 6) is 0.459. The second kappa shape index (κ2) is 11.7. The fourth-order valence-electron chi connectivity index (χ4n) is 3.72. The predicted octanol–water partition coefficient (Wildman–Crippen LogP) is 4.51. The Morgan fingerprint density at radius 2 is 1.74 bits per heavy atom. The number of carbonyl (C=O) groups is 1. The first-order valence-corrected chi connectivity index (χ1v) is 12.9. The Hall–Kier alpha value is -3.32. The van der Waals surface area contributed by atoms with Gasteiger partial charge in [-0.2, -0.15) is 0 Å². The lowest BCUT2D eigenvalue weighted by Gasteiger charge is -2.26. The Morgan fingerprint density at radius 3 is 2.44 bits per heavy atom. The van der Waals surface area contributed by atoms with Gasteiger partial charge >= 0.3 is 0 Å². The fourth-order valence-corrected chi connectivity index (χ4v) is 5.18. The van der Waals surface area contributed by atoms with E-state index >= 15 is 0 Å². The number of ether oxygens (including phenoxy) is 1. The summed E-state index contributed by atoms with van der Waals surface area (Å²) < 4.78 is 33.6. The molecule has 0 saturated heterocycles. The topological polar surface area (TPSA) is 75.7 Å². The molecular weight excluding hydrogens is 448 g/mol. The van der Waals surface area contributed by atoms with Crippen LogP contribution < -0.4 is 14.4 Å². The van der Waals surface area contributed by atoms with E-state index < -0.39 is 10.0 Å². The lowest BCUT2D eigenvalue weighted by atomic mass is 10.1. The highest BCUT2D eigenvalue weighted by Crippen LogP contribution is 2.27. The van der Waals surface area contributed by atoms with E-state index in [0.717, 1.165) is 35.3 Å². The number of nitrogens with zero attached hydrogens (tertiary/aromatic N) is 1. The molecule has 34 heavy (non-hydrogen) atoms. The third-order valence-electron chi connectivity index (χ3n) is 5.64. The Labute approximate surface area is 202 Å². The summed E-state index contributed by atoms with van der Waals surface area (Å²) in [5, 5.41) is 2.88. The highest BCUT2D eigenvalue weighted by Gasteiger charge is 2.28. The molecule has 0 aromatic heterocycles. The Kier molecular flexibility index (Phi) is 8.71. The smallest absolute Gasteiger partial charge is 0.264 e. The molecule has 0 radical (unpaired) electrons. The number of aryl methyl sites for hydroxylation is 3. The quantitative estimate of drug-likeness (QED) is 0.410. The molecular formula is C27H32N2O4S. The van der Waals surface area contributed by atoms with Crippen molar-refractivity contribution in [3.63, 3.8) is 0 Å². The number of benzene rings is 3. The first-order valence-electron chi connectivity index (χ1n) is 11.4. The molecule has 0 aliphatic carbocycles. The number of rotatable bonds is 11. The van der Waals surface area contributed by atoms with Gasteiger partial charge in [0.1, 0.15) is 12.3 Å². The molecule has 3 rings (SSSR count). The molecule has 7 heteroatoms. The SMILES string of the molecule is CCc1ccccc1N(CC(=O)NCCCc1cccc(OC)c1)S(=O)(=O)c1ccc(C)cc1. The Morgan fingerprint density at radius 1 is 1.00 bits per heavy atom. The van der Waals surface area contributed by atoms with Gasteiger partial charge in [-0.25, -0.2) is 8.42 Å². The maximum absolute atomic E-state index is 13.6. The normalized spacial score (nSPS) is 11.1. The number of para-hydroxylation sites is 1. The maximum atomic E-state index is 13.6. The third-order valence-corrected chi connectivity index (χ3v) is 7.41. The largest absolute Gasteiger partial charge is 0.497 e. The van der Waals surface area contributed by atoms with Crippen molar-refractivity contribution in [3.8, 4) is 5.75 Å². The highest BCUT2D eigenvalue weighted by atomic mass is 32.2. The van der Waals surface area contributed by atoms with Gasteiger partial charge in [-0.15, -0.1) is 0 Å². The van der Waals surface area contributed by atoms with E-state index in [0.29, 0.717) is 18.7 Å². The highest BCUT2D eigenvalue weighted by molar-refractivity contribution is 7.92. The van der Waals surface area contributed by atoms with E-state index in [4.69, 9.17) is 4.74 Å². The second-order valence-corrected chi connectivity index (χ2v) is 9.97. The Balaban J connectivity index is 1.73. The average Bonchev–Trinajstić information content (AvgIpc) is 2.85. The number of carbonyl (C=O) groups excluding carboxylic acids is 1. The first kappa shape index (κ1) is 25.3. The van der Waals surface area contributed by atoms with Crippen molar-refractivity contribution in [1.29, 1.82) is 0 Å². The maximum Gasteiger partial charge on any atom is 0.264 e. The first-order chi connectivity index (χ1) is 16.3. The van der Waals surface area contributed by atoms with E-state index in [1.54, 1.807) is 43.5 Å². The van der Waals surface area contributed by atoms with E-state index in [9.17, 15) is 13.2 Å². The number of anilines is 1. The molecule has 0 heterocycles. The van der Waals surface area contributed by atoms with E-state index in [2.05, 4.69) is 5.32 Å². The molecule has 0 bridgehead atoms. The van der Waals surface area contributed by atoms with Crippen LogP contribution in [-0.2, 0) is 27.7 Å². The standard InChI is InChI=1S/C27H32N2O4S/c1-4-23-11-5-6-13-26(23)29(34(31,32)25-16-14-21(2)15-17-25)20-27(30)28-18-8-10-22-9-7-12-24(19-22)33-3/h5-7,9,11-17,19H,4,8,10,18,20H2,1-3H3,(H,28,30). The molecule has 0 atom stereocenters. The molecule has 180 valence electrons. The lowest BCUT2D eigenvalue weighted by molar-refractivity contribution is -0.119. The van der Waals surface area contributed by atoms with Gasteiger partial charge in [0.25, 0.3) is 10.0 Å². The molecule has 0 aliphatic rings. The van der Waals surface area contributed by atoms with Gasteiger partial charge in [0.15, 0.2) is 0 Å². The van der Waals surface area contributed by atoms with Gasteiger partial charge in [0, 0.05) is 6.54 Å². The van der Waals surface area contributed by atoms with Crippen LogP contribution in [0.15, 0.2) is 77.7 Å². The molecule has 3 aromatic rings. The number of amides is 1. The zero-order chi connectivity index (χ0) is 24.6. The summed E-state index contributed by atoms with van der Waals surface area (Å²) in [6, 6.07) is 21.8. The van der Waals surface area contributed by atoms with Gasteiger partial charge in [0.05, 0.1) is 17.7 Å². The van der Waals surface area contributed by atoms with Crippen molar-refractivity contribution >= 4 is 21.6 Å². The van der Waals surface area contributed by atoms with Crippen LogP contribution in [0.4, 0.5) is 5.69 Å². The Bertz CT molecular complexity index is 1210. The predicted molar refractivity (Wildman–Crippen MR) is 136 cm³/mol. The zero-order valence-corrected chi connectivity index (χ0v) is 20.8. The van der Waals surface area contributed by atoms with Crippen molar-refractivity contribution < 1.29 is 17.9 Å². The van der Waals surface area contributed by atoms with Gasteiger partial charge in [-0.1, -0.05) is 55.0 Å². The summed E-state index contributed by atoms with van der Waals surface area (Å²) in [6.45, 7) is 4.03. The fraction of sp³-hybridized carbons (Fsp3) is 0.296. The van der Waals surface area contributed by atoms with Crippen LogP contribution in [0.3, 0.4) is 0 Å². The molecule has 0 saturated carbocycles. The minimum absolute atomic E-state index is 0.162. The third kappa shape index (κ3) is 6.38. The van der Waals surface area contributed by atoms with E-state index in [1.165, 1.54) is 4.31 Å². The zero-order valence-electron chi connectivity index (χ0n) is 20.0. The van der Waals surface area contributed by atoms with Crippen LogP contribution >= 0.6 is 0 Å². The summed E-state index contributed by atoms with van der Waals surface area (Å²) in [5.41, 5.74) is 3.48. The minimum Gasteiger partial charge on any atom is -0.497 e. The van der Waals surface area contributed by atoms with Gasteiger partial charge in [-0.05, 0) is 67.6 Å². The van der Waals surface area contributed by atoms with Crippen molar-refractivity contribution in [2.45, 2.75) is 38.0 Å². The van der Waals surface area contributed by atoms with Crippen LogP contribution in [0.2, 0.25) is 0 Å².